The quantitative estimate of drug-likeness (QED) is 0.541. The van der Waals surface area contributed by atoms with Crippen molar-refractivity contribution in [1.29, 1.82) is 0 Å². The molecule has 0 spiro atoms. The summed E-state index contributed by atoms with van der Waals surface area (Å²) in [7, 11) is 0. The first-order chi connectivity index (χ1) is 5.77. The second-order valence-corrected chi connectivity index (χ2v) is 3.26. The average Bonchev–Trinajstić information content (AvgIpc) is 2.27. The Bertz CT molecular complexity index is 260. The van der Waals surface area contributed by atoms with E-state index in [-0.39, 0.29) is 0 Å². The fourth-order valence-electron chi connectivity index (χ4n) is 1.41. The fraction of sp³-hybridized carbons (Fsp3) is 0.417. The van der Waals surface area contributed by atoms with Gasteiger partial charge in [0.2, 0.25) is 0 Å². The number of hydrogen-bond donors (Lipinski definition) is 0. The molecule has 0 aromatic carbocycles. The van der Waals surface area contributed by atoms with Crippen LogP contribution in [0.1, 0.15) is 26.7 Å². The van der Waals surface area contributed by atoms with E-state index in [2.05, 4.69) is 32.2 Å². The van der Waals surface area contributed by atoms with Crippen molar-refractivity contribution in [3.8, 4) is 0 Å². The molecule has 0 heterocycles. The highest BCUT2D eigenvalue weighted by molar-refractivity contribution is 5.32. The molecular formula is C12H16. The maximum atomic E-state index is 3.83. The Labute approximate surface area is 75.0 Å². The van der Waals surface area contributed by atoms with E-state index in [1.165, 1.54) is 17.6 Å². The second-order valence-electron chi connectivity index (χ2n) is 3.26. The van der Waals surface area contributed by atoms with Gasteiger partial charge in [0.1, 0.15) is 0 Å². The summed E-state index contributed by atoms with van der Waals surface area (Å²) >= 11 is 0. The highest BCUT2D eigenvalue weighted by atomic mass is 14.1. The Balaban J connectivity index is 2.93. The normalized spacial score (nSPS) is 22.7. The van der Waals surface area contributed by atoms with Crippen molar-refractivity contribution in [3.63, 3.8) is 0 Å². The molecule has 1 aliphatic rings. The summed E-state index contributed by atoms with van der Waals surface area (Å²) in [6.45, 7) is 8.16. The van der Waals surface area contributed by atoms with Crippen LogP contribution in [0, 0.1) is 5.92 Å². The number of rotatable bonds is 2. The van der Waals surface area contributed by atoms with Gasteiger partial charge < -0.3 is 0 Å². The summed E-state index contributed by atoms with van der Waals surface area (Å²) in [6.07, 6.45) is 8.49. The molecule has 0 N–H and O–H groups in total. The predicted octanol–water partition coefficient (Wildman–Crippen LogP) is 3.63. The van der Waals surface area contributed by atoms with Crippen molar-refractivity contribution >= 4 is 0 Å². The molecular weight excluding hydrogens is 144 g/mol. The first-order valence-electron chi connectivity index (χ1n) is 4.52. The van der Waals surface area contributed by atoms with Crippen LogP contribution >= 0.6 is 0 Å². The van der Waals surface area contributed by atoms with Crippen molar-refractivity contribution < 1.29 is 0 Å². The van der Waals surface area contributed by atoms with Crippen LogP contribution in [0.2, 0.25) is 0 Å². The standard InChI is InChI=1S/C12H16/c1-4-11-8-6-7-10(3)12(5-2)9-11/h5,7-8,11H,2,4,9H2,1,3H3. The Kier molecular flexibility index (Phi) is 3.13. The first-order valence-corrected chi connectivity index (χ1v) is 4.52. The zero-order valence-corrected chi connectivity index (χ0v) is 7.93. The van der Waals surface area contributed by atoms with Gasteiger partial charge in [-0.2, -0.15) is 0 Å². The monoisotopic (exact) mass is 160 g/mol. The molecule has 1 unspecified atom stereocenters. The van der Waals surface area contributed by atoms with Gasteiger partial charge >= 0.3 is 0 Å². The molecule has 0 bridgehead atoms. The second kappa shape index (κ2) is 4.13. The van der Waals surface area contributed by atoms with Crippen LogP contribution in [0.3, 0.4) is 0 Å². The van der Waals surface area contributed by atoms with Crippen molar-refractivity contribution in [2.75, 3.05) is 0 Å². The lowest BCUT2D eigenvalue weighted by atomic mass is 9.96. The largest absolute Gasteiger partial charge is 0.125 e. The molecule has 64 valence electrons. The summed E-state index contributed by atoms with van der Waals surface area (Å²) in [4.78, 5) is 0. The molecule has 12 heavy (non-hydrogen) atoms. The van der Waals surface area contributed by atoms with Gasteiger partial charge in [-0.25, -0.2) is 0 Å². The molecule has 1 aliphatic carbocycles. The lowest BCUT2D eigenvalue weighted by Crippen LogP contribution is -1.95. The van der Waals surface area contributed by atoms with Gasteiger partial charge in [0.25, 0.3) is 0 Å². The van der Waals surface area contributed by atoms with E-state index >= 15 is 0 Å². The first kappa shape index (κ1) is 9.09. The maximum absolute atomic E-state index is 3.83. The van der Waals surface area contributed by atoms with Crippen molar-refractivity contribution in [2.24, 2.45) is 5.92 Å². The molecule has 1 atom stereocenters. The van der Waals surface area contributed by atoms with Crippen LogP contribution < -0.4 is 0 Å². The van der Waals surface area contributed by atoms with E-state index in [1.807, 2.05) is 12.2 Å². The Hall–Kier alpha value is -1.00. The zero-order chi connectivity index (χ0) is 8.97. The van der Waals surface area contributed by atoms with Gasteiger partial charge in [-0.15, -0.1) is 5.73 Å². The van der Waals surface area contributed by atoms with Crippen LogP contribution in [0.5, 0.6) is 0 Å². The summed E-state index contributed by atoms with van der Waals surface area (Å²) in [5.74, 6) is 0.645. The third-order valence-corrected chi connectivity index (χ3v) is 2.39. The molecule has 0 saturated carbocycles. The van der Waals surface area contributed by atoms with Crippen LogP contribution in [0.15, 0.2) is 41.7 Å². The van der Waals surface area contributed by atoms with Gasteiger partial charge in [-0.1, -0.05) is 19.6 Å². The lowest BCUT2D eigenvalue weighted by Gasteiger charge is -2.09. The lowest BCUT2D eigenvalue weighted by molar-refractivity contribution is 0.628. The van der Waals surface area contributed by atoms with Crippen molar-refractivity contribution in [3.05, 3.63) is 41.7 Å². The molecule has 0 nitrogen and oxygen atoms in total. The molecule has 0 aliphatic heterocycles. The summed E-state index contributed by atoms with van der Waals surface area (Å²) < 4.78 is 0. The van der Waals surface area contributed by atoms with E-state index in [0.717, 1.165) is 6.42 Å². The minimum atomic E-state index is 0.645. The molecule has 0 radical (unpaired) electrons. The minimum absolute atomic E-state index is 0.645. The average molecular weight is 160 g/mol. The molecule has 1 rings (SSSR count). The molecule has 0 fully saturated rings. The summed E-state index contributed by atoms with van der Waals surface area (Å²) in [6, 6.07) is 0. The van der Waals surface area contributed by atoms with Gasteiger partial charge in [-0.3, -0.25) is 0 Å². The SMILES string of the molecule is C=CC1=C(C)C=C=CC(CC)C1. The van der Waals surface area contributed by atoms with Crippen LogP contribution in [0.25, 0.3) is 0 Å². The predicted molar refractivity (Wildman–Crippen MR) is 53.9 cm³/mol. The van der Waals surface area contributed by atoms with Gasteiger partial charge in [0, 0.05) is 0 Å². The Morgan fingerprint density at radius 2 is 2.50 bits per heavy atom. The van der Waals surface area contributed by atoms with E-state index in [9.17, 15) is 0 Å². The van der Waals surface area contributed by atoms with Crippen LogP contribution in [-0.4, -0.2) is 0 Å². The third kappa shape index (κ3) is 1.99. The molecule has 0 aromatic rings. The fourth-order valence-corrected chi connectivity index (χ4v) is 1.41. The smallest absolute Gasteiger partial charge is 0.0119 e. The van der Waals surface area contributed by atoms with E-state index in [4.69, 9.17) is 0 Å². The van der Waals surface area contributed by atoms with Gasteiger partial charge in [-0.05, 0) is 49.0 Å². The van der Waals surface area contributed by atoms with Gasteiger partial charge in [0.05, 0.1) is 0 Å². The highest BCUT2D eigenvalue weighted by Crippen LogP contribution is 2.22. The minimum Gasteiger partial charge on any atom is -0.125 e. The number of allylic oxidation sites excluding steroid dienone is 4. The Morgan fingerprint density at radius 3 is 3.08 bits per heavy atom. The number of hydrogen-bond acceptors (Lipinski definition) is 0. The van der Waals surface area contributed by atoms with Gasteiger partial charge in [0.15, 0.2) is 0 Å². The van der Waals surface area contributed by atoms with Crippen molar-refractivity contribution in [2.45, 2.75) is 26.7 Å². The Morgan fingerprint density at radius 1 is 1.75 bits per heavy atom. The summed E-state index contributed by atoms with van der Waals surface area (Å²) in [5.41, 5.74) is 5.87. The molecule has 0 amide bonds. The van der Waals surface area contributed by atoms with Crippen LogP contribution in [-0.2, 0) is 0 Å². The van der Waals surface area contributed by atoms with E-state index in [0.29, 0.717) is 5.92 Å². The zero-order valence-electron chi connectivity index (χ0n) is 7.93. The van der Waals surface area contributed by atoms with E-state index in [1.54, 1.807) is 0 Å². The molecule has 0 saturated heterocycles. The third-order valence-electron chi connectivity index (χ3n) is 2.39. The maximum Gasteiger partial charge on any atom is -0.0119 e. The van der Waals surface area contributed by atoms with Crippen LogP contribution in [0.4, 0.5) is 0 Å². The highest BCUT2D eigenvalue weighted by Gasteiger charge is 2.07. The molecule has 0 heteroatoms. The van der Waals surface area contributed by atoms with E-state index < -0.39 is 0 Å². The topological polar surface area (TPSA) is 0 Å². The molecule has 0 aromatic heterocycles. The summed E-state index contributed by atoms with van der Waals surface area (Å²) in [5, 5.41) is 0. The van der Waals surface area contributed by atoms with Crippen molar-refractivity contribution in [1.82, 2.24) is 0 Å².